The molecule has 0 aliphatic carbocycles. The van der Waals surface area contributed by atoms with E-state index in [4.69, 9.17) is 11.1 Å². The number of rotatable bonds is 9. The minimum Gasteiger partial charge on any atom is -0.384 e. The number of nitrogen functional groups attached to an aromatic ring is 1. The van der Waals surface area contributed by atoms with E-state index >= 15 is 0 Å². The number of anilines is 1. The first-order valence-corrected chi connectivity index (χ1v) is 14.3. The topological polar surface area (TPSA) is 128 Å². The third kappa shape index (κ3) is 6.24. The highest BCUT2D eigenvalue weighted by molar-refractivity contribution is 8.00. The second-order valence-corrected chi connectivity index (χ2v) is 12.0. The lowest BCUT2D eigenvalue weighted by Crippen LogP contribution is -2.39. The molecule has 2 aromatic carbocycles. The molecule has 2 aliphatic rings. The van der Waals surface area contributed by atoms with Gasteiger partial charge in [0.25, 0.3) is 10.1 Å². The lowest BCUT2D eigenvalue weighted by molar-refractivity contribution is -0.118. The zero-order chi connectivity index (χ0) is 25.0. The van der Waals surface area contributed by atoms with Crippen LogP contribution in [0.3, 0.4) is 0 Å². The Morgan fingerprint density at radius 1 is 1.06 bits per heavy atom. The van der Waals surface area contributed by atoms with Crippen molar-refractivity contribution < 1.29 is 17.8 Å². The summed E-state index contributed by atoms with van der Waals surface area (Å²) in [4.78, 5) is 18.7. The first kappa shape index (κ1) is 25.7. The van der Waals surface area contributed by atoms with E-state index in [1.165, 1.54) is 11.8 Å². The number of benzene rings is 2. The number of nitrogens with one attached hydrogen (secondary N) is 1. The van der Waals surface area contributed by atoms with Crippen molar-refractivity contribution in [2.24, 2.45) is 5.73 Å². The van der Waals surface area contributed by atoms with Crippen LogP contribution in [0.25, 0.3) is 0 Å². The van der Waals surface area contributed by atoms with E-state index in [-0.39, 0.29) is 17.0 Å². The molecule has 0 aromatic heterocycles. The molecule has 1 unspecified atom stereocenters. The molecule has 4 N–H and O–H groups in total. The molecule has 1 atom stereocenters. The predicted molar refractivity (Wildman–Crippen MR) is 140 cm³/mol. The monoisotopic (exact) mass is 516 g/mol. The minimum absolute atomic E-state index is 0.0143. The largest absolute Gasteiger partial charge is 0.384 e. The van der Waals surface area contributed by atoms with Crippen molar-refractivity contribution in [3.8, 4) is 0 Å². The fourth-order valence-corrected chi connectivity index (χ4v) is 6.77. The zero-order valence-corrected chi connectivity index (χ0v) is 21.2. The molecular weight excluding hydrogens is 484 g/mol. The molecule has 1 saturated heterocycles. The quantitative estimate of drug-likeness (QED) is 0.201. The van der Waals surface area contributed by atoms with Crippen LogP contribution in [0.5, 0.6) is 0 Å². The van der Waals surface area contributed by atoms with Crippen LogP contribution in [0.15, 0.2) is 53.4 Å². The SMILES string of the molecule is N=C(N)c1cccc(C2Sc3ccccc3N(CCCCCN3CCC(S(=O)(=O)O)CC3)C2=O)c1. The maximum Gasteiger partial charge on any atom is 0.267 e. The van der Waals surface area contributed by atoms with Gasteiger partial charge in [0.15, 0.2) is 0 Å². The van der Waals surface area contributed by atoms with Gasteiger partial charge < -0.3 is 15.5 Å². The fourth-order valence-electron chi connectivity index (χ4n) is 4.74. The average Bonchev–Trinajstić information content (AvgIpc) is 2.84. The highest BCUT2D eigenvalue weighted by Gasteiger charge is 2.34. The Bertz CT molecular complexity index is 1180. The second kappa shape index (κ2) is 11.1. The summed E-state index contributed by atoms with van der Waals surface area (Å²) in [6.45, 7) is 2.88. The van der Waals surface area contributed by atoms with Crippen molar-refractivity contribution in [2.45, 2.75) is 47.5 Å². The molecule has 8 nitrogen and oxygen atoms in total. The lowest BCUT2D eigenvalue weighted by Gasteiger charge is -2.34. The number of thioether (sulfide) groups is 1. The third-order valence-electron chi connectivity index (χ3n) is 6.70. The number of carbonyl (C=O) groups is 1. The smallest absolute Gasteiger partial charge is 0.267 e. The van der Waals surface area contributed by atoms with Crippen molar-refractivity contribution in [3.05, 3.63) is 59.7 Å². The van der Waals surface area contributed by atoms with Gasteiger partial charge in [-0.05, 0) is 69.1 Å². The number of piperidine rings is 1. The van der Waals surface area contributed by atoms with Gasteiger partial charge in [0.1, 0.15) is 11.1 Å². The van der Waals surface area contributed by atoms with Gasteiger partial charge in [0, 0.05) is 17.0 Å². The number of hydrogen-bond acceptors (Lipinski definition) is 6. The summed E-state index contributed by atoms with van der Waals surface area (Å²) in [5.41, 5.74) is 8.06. The molecule has 4 rings (SSSR count). The molecule has 35 heavy (non-hydrogen) atoms. The Hall–Kier alpha value is -2.40. The minimum atomic E-state index is -3.93. The molecule has 1 fully saturated rings. The van der Waals surface area contributed by atoms with Crippen LogP contribution in [0.4, 0.5) is 5.69 Å². The van der Waals surface area contributed by atoms with Crippen LogP contribution in [0, 0.1) is 5.41 Å². The highest BCUT2D eigenvalue weighted by atomic mass is 32.2. The number of unbranched alkanes of at least 4 members (excludes halogenated alkanes) is 2. The normalized spacial score (nSPS) is 19.5. The maximum atomic E-state index is 13.5. The zero-order valence-electron chi connectivity index (χ0n) is 19.6. The molecule has 2 aliphatic heterocycles. The van der Waals surface area contributed by atoms with Crippen molar-refractivity contribution >= 4 is 39.3 Å². The number of nitrogens with zero attached hydrogens (tertiary/aromatic N) is 2. The maximum absolute atomic E-state index is 13.5. The van der Waals surface area contributed by atoms with Crippen molar-refractivity contribution in [3.63, 3.8) is 0 Å². The van der Waals surface area contributed by atoms with E-state index in [1.807, 2.05) is 47.4 Å². The third-order valence-corrected chi connectivity index (χ3v) is 9.33. The van der Waals surface area contributed by atoms with Gasteiger partial charge in [-0.1, -0.05) is 36.8 Å². The summed E-state index contributed by atoms with van der Waals surface area (Å²) in [7, 11) is -3.93. The van der Waals surface area contributed by atoms with Gasteiger partial charge in [0.2, 0.25) is 5.91 Å². The Balaban J connectivity index is 1.34. The number of nitrogens with two attached hydrogens (primary N) is 1. The Morgan fingerprint density at radius 2 is 1.77 bits per heavy atom. The molecule has 188 valence electrons. The van der Waals surface area contributed by atoms with E-state index in [0.29, 0.717) is 38.0 Å². The Labute approximate surface area is 211 Å². The van der Waals surface area contributed by atoms with Crippen LogP contribution in [0.2, 0.25) is 0 Å². The summed E-state index contributed by atoms with van der Waals surface area (Å²) in [5, 5.41) is 6.71. The number of carbonyl (C=O) groups excluding carboxylic acids is 1. The number of amidine groups is 1. The molecule has 1 amide bonds. The fraction of sp³-hybridized carbons (Fsp3) is 0.440. The number of para-hydroxylation sites is 1. The summed E-state index contributed by atoms with van der Waals surface area (Å²) in [6, 6.07) is 15.3. The van der Waals surface area contributed by atoms with E-state index in [2.05, 4.69) is 4.90 Å². The highest BCUT2D eigenvalue weighted by Crippen LogP contribution is 2.46. The van der Waals surface area contributed by atoms with Crippen LogP contribution in [0.1, 0.15) is 48.5 Å². The molecule has 0 spiro atoms. The van der Waals surface area contributed by atoms with Crippen LogP contribution in [-0.2, 0) is 14.9 Å². The molecule has 0 saturated carbocycles. The summed E-state index contributed by atoms with van der Waals surface area (Å²) in [5.74, 6) is 0.0289. The lowest BCUT2D eigenvalue weighted by atomic mass is 10.1. The van der Waals surface area contributed by atoms with E-state index in [1.54, 1.807) is 6.07 Å². The summed E-state index contributed by atoms with van der Waals surface area (Å²) >= 11 is 1.54. The summed E-state index contributed by atoms with van der Waals surface area (Å²) < 4.78 is 31.8. The van der Waals surface area contributed by atoms with Crippen LogP contribution in [-0.4, -0.2) is 61.0 Å². The van der Waals surface area contributed by atoms with Gasteiger partial charge in [-0.3, -0.25) is 14.8 Å². The predicted octanol–water partition coefficient (Wildman–Crippen LogP) is 3.67. The molecule has 0 bridgehead atoms. The van der Waals surface area contributed by atoms with E-state index in [0.717, 1.165) is 42.0 Å². The Kier molecular flexibility index (Phi) is 8.16. The number of amides is 1. The molecule has 2 heterocycles. The van der Waals surface area contributed by atoms with Crippen molar-refractivity contribution in [1.82, 2.24) is 4.90 Å². The molecule has 10 heteroatoms. The van der Waals surface area contributed by atoms with Crippen LogP contribution < -0.4 is 10.6 Å². The number of likely N-dealkylation sites (tertiary alicyclic amines) is 1. The first-order chi connectivity index (χ1) is 16.7. The first-order valence-electron chi connectivity index (χ1n) is 11.9. The van der Waals surface area contributed by atoms with Gasteiger partial charge in [0.05, 0.1) is 10.9 Å². The molecule has 2 aromatic rings. The Morgan fingerprint density at radius 3 is 2.49 bits per heavy atom. The van der Waals surface area contributed by atoms with Crippen LogP contribution >= 0.6 is 11.8 Å². The van der Waals surface area contributed by atoms with Crippen molar-refractivity contribution in [2.75, 3.05) is 31.1 Å². The number of hydrogen-bond donors (Lipinski definition) is 3. The van der Waals surface area contributed by atoms with Gasteiger partial charge in [-0.25, -0.2) is 0 Å². The summed E-state index contributed by atoms with van der Waals surface area (Å²) in [6.07, 6.45) is 3.75. The average molecular weight is 517 g/mol. The standard InChI is InChI=1S/C25H32N4O4S2/c26-24(27)19-8-6-7-18(17-19)23-25(30)29(21-9-2-3-10-22(21)34-23)14-5-1-4-13-28-15-11-20(12-16-28)35(31,32)33/h2-3,6-10,17,20,23H,1,4-5,11-16H2,(H3,26,27)(H,31,32,33). The van der Waals surface area contributed by atoms with Gasteiger partial charge >= 0.3 is 0 Å². The second-order valence-electron chi connectivity index (χ2n) is 9.11. The number of fused-ring (bicyclic) bond motifs is 1. The van der Waals surface area contributed by atoms with Gasteiger partial charge in [-0.15, -0.1) is 11.8 Å². The van der Waals surface area contributed by atoms with E-state index < -0.39 is 15.4 Å². The molecular formula is C25H32N4O4S2. The molecule has 0 radical (unpaired) electrons. The van der Waals surface area contributed by atoms with Crippen molar-refractivity contribution in [1.29, 1.82) is 5.41 Å². The van der Waals surface area contributed by atoms with Gasteiger partial charge in [-0.2, -0.15) is 8.42 Å². The van der Waals surface area contributed by atoms with E-state index in [9.17, 15) is 17.8 Å².